The van der Waals surface area contributed by atoms with Crippen LogP contribution in [0.15, 0.2) is 48.5 Å². The molecule has 0 saturated heterocycles. The Hall–Kier alpha value is -3.15. The van der Waals surface area contributed by atoms with Gasteiger partial charge < -0.3 is 15.2 Å². The Kier molecular flexibility index (Phi) is 4.29. The van der Waals surface area contributed by atoms with Crippen LogP contribution >= 0.6 is 0 Å². The van der Waals surface area contributed by atoms with Gasteiger partial charge in [-0.1, -0.05) is 0 Å². The van der Waals surface area contributed by atoms with Gasteiger partial charge in [-0.25, -0.2) is 14.4 Å². The highest BCUT2D eigenvalue weighted by Gasteiger charge is 2.12. The van der Waals surface area contributed by atoms with Crippen LogP contribution in [0.5, 0.6) is 11.5 Å². The molecule has 0 saturated carbocycles. The van der Waals surface area contributed by atoms with E-state index in [9.17, 15) is 4.39 Å². The molecule has 0 bridgehead atoms. The zero-order valence-corrected chi connectivity index (χ0v) is 13.3. The first kappa shape index (κ1) is 15.7. The predicted octanol–water partition coefficient (Wildman–Crippen LogP) is 3.55. The van der Waals surface area contributed by atoms with Crippen LogP contribution in [-0.4, -0.2) is 24.2 Å². The Morgan fingerprint density at radius 3 is 2.25 bits per heavy atom. The summed E-state index contributed by atoms with van der Waals surface area (Å²) in [5.74, 6) is 1.11. The van der Waals surface area contributed by atoms with Crippen molar-refractivity contribution < 1.29 is 13.9 Å². The third-order valence-corrected chi connectivity index (χ3v) is 3.57. The molecule has 2 N–H and O–H groups in total. The van der Waals surface area contributed by atoms with E-state index in [1.165, 1.54) is 12.1 Å². The Labute approximate surface area is 138 Å². The van der Waals surface area contributed by atoms with E-state index in [0.717, 1.165) is 11.1 Å². The average Bonchev–Trinajstić information content (AvgIpc) is 2.61. The summed E-state index contributed by atoms with van der Waals surface area (Å²) in [7, 11) is 3.16. The van der Waals surface area contributed by atoms with E-state index < -0.39 is 0 Å². The van der Waals surface area contributed by atoms with E-state index in [-0.39, 0.29) is 11.8 Å². The van der Waals surface area contributed by atoms with E-state index in [4.69, 9.17) is 15.2 Å². The number of nitrogen functional groups attached to an aromatic ring is 1. The average molecular weight is 325 g/mol. The van der Waals surface area contributed by atoms with E-state index in [0.29, 0.717) is 22.9 Å². The second kappa shape index (κ2) is 6.54. The number of hydrogen-bond donors (Lipinski definition) is 1. The van der Waals surface area contributed by atoms with E-state index in [1.807, 2.05) is 12.1 Å². The molecule has 0 amide bonds. The van der Waals surface area contributed by atoms with Gasteiger partial charge in [-0.05, 0) is 42.5 Å². The van der Waals surface area contributed by atoms with Crippen molar-refractivity contribution in [2.24, 2.45) is 0 Å². The summed E-state index contributed by atoms with van der Waals surface area (Å²) in [4.78, 5) is 8.51. The Bertz CT molecular complexity index is 867. The third kappa shape index (κ3) is 3.12. The SMILES string of the molecule is COc1ccc(-c2cc(-c3ccc(F)cc3)nc(N)n2)c(OC)c1. The summed E-state index contributed by atoms with van der Waals surface area (Å²) in [6.45, 7) is 0. The van der Waals surface area contributed by atoms with Crippen molar-refractivity contribution in [3.05, 3.63) is 54.3 Å². The molecule has 0 radical (unpaired) electrons. The van der Waals surface area contributed by atoms with Crippen LogP contribution in [0.1, 0.15) is 0 Å². The molecule has 2 aromatic carbocycles. The van der Waals surface area contributed by atoms with Crippen LogP contribution < -0.4 is 15.2 Å². The molecule has 0 spiro atoms. The lowest BCUT2D eigenvalue weighted by molar-refractivity contribution is 0.395. The zero-order valence-electron chi connectivity index (χ0n) is 13.3. The topological polar surface area (TPSA) is 70.3 Å². The van der Waals surface area contributed by atoms with Gasteiger partial charge in [0.1, 0.15) is 17.3 Å². The van der Waals surface area contributed by atoms with Crippen molar-refractivity contribution in [2.45, 2.75) is 0 Å². The van der Waals surface area contributed by atoms with Crippen molar-refractivity contribution in [1.82, 2.24) is 9.97 Å². The molecule has 0 atom stereocenters. The quantitative estimate of drug-likeness (QED) is 0.794. The van der Waals surface area contributed by atoms with Gasteiger partial charge >= 0.3 is 0 Å². The van der Waals surface area contributed by atoms with Crippen molar-refractivity contribution in [1.29, 1.82) is 0 Å². The van der Waals surface area contributed by atoms with Crippen molar-refractivity contribution >= 4 is 5.95 Å². The molecular weight excluding hydrogens is 309 g/mol. The third-order valence-electron chi connectivity index (χ3n) is 3.57. The first-order chi connectivity index (χ1) is 11.6. The minimum Gasteiger partial charge on any atom is -0.497 e. The molecule has 0 aliphatic rings. The fraction of sp³-hybridized carbons (Fsp3) is 0.111. The monoisotopic (exact) mass is 325 g/mol. The molecule has 0 fully saturated rings. The first-order valence-electron chi connectivity index (χ1n) is 7.23. The summed E-state index contributed by atoms with van der Waals surface area (Å²) in [6, 6.07) is 13.3. The number of hydrogen-bond acceptors (Lipinski definition) is 5. The maximum Gasteiger partial charge on any atom is 0.221 e. The number of methoxy groups -OCH3 is 2. The smallest absolute Gasteiger partial charge is 0.221 e. The van der Waals surface area contributed by atoms with Crippen molar-refractivity contribution in [3.63, 3.8) is 0 Å². The molecule has 6 heteroatoms. The van der Waals surface area contributed by atoms with Gasteiger partial charge in [0.05, 0.1) is 25.6 Å². The maximum absolute atomic E-state index is 13.1. The molecule has 0 aliphatic carbocycles. The van der Waals surface area contributed by atoms with Crippen LogP contribution in [0.25, 0.3) is 22.5 Å². The number of aromatic nitrogens is 2. The van der Waals surface area contributed by atoms with Gasteiger partial charge in [0.25, 0.3) is 0 Å². The van der Waals surface area contributed by atoms with Gasteiger partial charge in [-0.2, -0.15) is 0 Å². The van der Waals surface area contributed by atoms with Crippen LogP contribution in [0.3, 0.4) is 0 Å². The fourth-order valence-electron chi connectivity index (χ4n) is 2.38. The van der Waals surface area contributed by atoms with Crippen molar-refractivity contribution in [3.8, 4) is 34.0 Å². The number of halogens is 1. The first-order valence-corrected chi connectivity index (χ1v) is 7.23. The fourth-order valence-corrected chi connectivity index (χ4v) is 2.38. The van der Waals surface area contributed by atoms with E-state index >= 15 is 0 Å². The molecule has 1 heterocycles. The summed E-state index contributed by atoms with van der Waals surface area (Å²) >= 11 is 0. The minimum atomic E-state index is -0.308. The van der Waals surface area contributed by atoms with Gasteiger partial charge in [0.2, 0.25) is 5.95 Å². The Morgan fingerprint density at radius 2 is 1.58 bits per heavy atom. The number of nitrogens with zero attached hydrogens (tertiary/aromatic N) is 2. The minimum absolute atomic E-state index is 0.129. The summed E-state index contributed by atoms with van der Waals surface area (Å²) in [5.41, 5.74) is 8.58. The van der Waals surface area contributed by atoms with Crippen LogP contribution in [0.4, 0.5) is 10.3 Å². The highest BCUT2D eigenvalue weighted by Crippen LogP contribution is 2.34. The van der Waals surface area contributed by atoms with Crippen LogP contribution in [0, 0.1) is 5.82 Å². The summed E-state index contributed by atoms with van der Waals surface area (Å²) in [5, 5.41) is 0. The summed E-state index contributed by atoms with van der Waals surface area (Å²) < 4.78 is 23.7. The lowest BCUT2D eigenvalue weighted by atomic mass is 10.1. The number of benzene rings is 2. The normalized spacial score (nSPS) is 10.5. The molecule has 24 heavy (non-hydrogen) atoms. The van der Waals surface area contributed by atoms with Crippen molar-refractivity contribution in [2.75, 3.05) is 20.0 Å². The molecule has 122 valence electrons. The van der Waals surface area contributed by atoms with Gasteiger partial charge in [0, 0.05) is 17.2 Å². The Morgan fingerprint density at radius 1 is 0.875 bits per heavy atom. The van der Waals surface area contributed by atoms with Gasteiger partial charge in [-0.3, -0.25) is 0 Å². The standard InChI is InChI=1S/C18H16FN3O2/c1-23-13-7-8-14(17(9-13)24-2)16-10-15(21-18(20)22-16)11-3-5-12(19)6-4-11/h3-10H,1-2H3,(H2,20,21,22). The van der Waals surface area contributed by atoms with Crippen LogP contribution in [-0.2, 0) is 0 Å². The van der Waals surface area contributed by atoms with Crippen LogP contribution in [0.2, 0.25) is 0 Å². The highest BCUT2D eigenvalue weighted by molar-refractivity contribution is 5.73. The summed E-state index contributed by atoms with van der Waals surface area (Å²) in [6.07, 6.45) is 0. The molecule has 0 unspecified atom stereocenters. The van der Waals surface area contributed by atoms with Gasteiger partial charge in [0.15, 0.2) is 0 Å². The number of anilines is 1. The zero-order chi connectivity index (χ0) is 17.1. The second-order valence-electron chi connectivity index (χ2n) is 5.07. The number of ether oxygens (including phenoxy) is 2. The Balaban J connectivity index is 2.11. The maximum atomic E-state index is 13.1. The van der Waals surface area contributed by atoms with E-state index in [1.54, 1.807) is 38.5 Å². The highest BCUT2D eigenvalue weighted by atomic mass is 19.1. The lowest BCUT2D eigenvalue weighted by Crippen LogP contribution is -2.00. The number of nitrogens with two attached hydrogens (primary N) is 1. The molecule has 5 nitrogen and oxygen atoms in total. The largest absolute Gasteiger partial charge is 0.497 e. The number of rotatable bonds is 4. The van der Waals surface area contributed by atoms with Gasteiger partial charge in [-0.15, -0.1) is 0 Å². The molecule has 0 aliphatic heterocycles. The molecule has 3 rings (SSSR count). The van der Waals surface area contributed by atoms with E-state index in [2.05, 4.69) is 9.97 Å². The molecule has 3 aromatic rings. The predicted molar refractivity (Wildman–Crippen MR) is 90.4 cm³/mol. The molecular formula is C18H16FN3O2. The molecule has 1 aromatic heterocycles. The second-order valence-corrected chi connectivity index (χ2v) is 5.07. The lowest BCUT2D eigenvalue weighted by Gasteiger charge is -2.11.